The zero-order valence-corrected chi connectivity index (χ0v) is 12.1. The van der Waals surface area contributed by atoms with Crippen LogP contribution in [0.5, 0.6) is 0 Å². The zero-order valence-electron chi connectivity index (χ0n) is 9.84. The van der Waals surface area contributed by atoms with Crippen LogP contribution in [0, 0.1) is 5.82 Å². The molecule has 0 saturated heterocycles. The fourth-order valence-electron chi connectivity index (χ4n) is 1.89. The van der Waals surface area contributed by atoms with Crippen molar-refractivity contribution < 1.29 is 4.39 Å². The number of halogens is 4. The highest BCUT2D eigenvalue weighted by atomic mass is 35.5. The molecule has 5 heteroatoms. The van der Waals surface area contributed by atoms with E-state index >= 15 is 0 Å². The Balaban J connectivity index is 2.25. The van der Waals surface area contributed by atoms with Crippen LogP contribution in [-0.4, -0.2) is 0 Å². The van der Waals surface area contributed by atoms with Crippen molar-refractivity contribution in [3.8, 4) is 0 Å². The molecule has 0 bridgehead atoms. The van der Waals surface area contributed by atoms with E-state index in [1.165, 1.54) is 6.07 Å². The average Bonchev–Trinajstić information content (AvgIpc) is 2.33. The van der Waals surface area contributed by atoms with Crippen LogP contribution in [0.1, 0.15) is 17.2 Å². The molecule has 0 aliphatic carbocycles. The summed E-state index contributed by atoms with van der Waals surface area (Å²) in [5.74, 6) is -0.403. The summed E-state index contributed by atoms with van der Waals surface area (Å²) in [5, 5.41) is 1.25. The highest BCUT2D eigenvalue weighted by molar-refractivity contribution is 6.42. The predicted octanol–water partition coefficient (Wildman–Crippen LogP) is 5.03. The minimum atomic E-state index is -0.536. The molecule has 2 rings (SSSR count). The van der Waals surface area contributed by atoms with Gasteiger partial charge in [0.05, 0.1) is 10.0 Å². The Kier molecular flexibility index (Phi) is 4.69. The smallest absolute Gasteiger partial charge is 0.129 e. The summed E-state index contributed by atoms with van der Waals surface area (Å²) in [6.45, 7) is 0. The molecule has 0 spiro atoms. The first-order chi connectivity index (χ1) is 8.99. The molecule has 2 N–H and O–H groups in total. The monoisotopic (exact) mass is 317 g/mol. The Labute approximate surface area is 126 Å². The molecule has 100 valence electrons. The first-order valence-electron chi connectivity index (χ1n) is 5.62. The normalized spacial score (nSPS) is 12.5. The predicted molar refractivity (Wildman–Crippen MR) is 78.5 cm³/mol. The highest BCUT2D eigenvalue weighted by Gasteiger charge is 2.16. The highest BCUT2D eigenvalue weighted by Crippen LogP contribution is 2.29. The Morgan fingerprint density at radius 3 is 2.37 bits per heavy atom. The van der Waals surface area contributed by atoms with Gasteiger partial charge in [-0.05, 0) is 36.2 Å². The van der Waals surface area contributed by atoms with Gasteiger partial charge in [0.2, 0.25) is 0 Å². The summed E-state index contributed by atoms with van der Waals surface area (Å²) in [6, 6.07) is 9.19. The van der Waals surface area contributed by atoms with Crippen LogP contribution in [0.2, 0.25) is 15.1 Å². The van der Waals surface area contributed by atoms with Crippen molar-refractivity contribution in [1.82, 2.24) is 0 Å². The van der Waals surface area contributed by atoms with Crippen LogP contribution in [0.15, 0.2) is 36.4 Å². The summed E-state index contributed by atoms with van der Waals surface area (Å²) >= 11 is 17.8. The lowest BCUT2D eigenvalue weighted by molar-refractivity contribution is 0.580. The number of benzene rings is 2. The van der Waals surface area contributed by atoms with Crippen molar-refractivity contribution in [2.45, 2.75) is 12.5 Å². The van der Waals surface area contributed by atoms with Gasteiger partial charge in [-0.15, -0.1) is 0 Å². The third-order valence-electron chi connectivity index (χ3n) is 2.81. The fourth-order valence-corrected chi connectivity index (χ4v) is 2.51. The Morgan fingerprint density at radius 2 is 1.74 bits per heavy atom. The van der Waals surface area contributed by atoms with Crippen molar-refractivity contribution >= 4 is 34.8 Å². The van der Waals surface area contributed by atoms with E-state index < -0.39 is 11.9 Å². The van der Waals surface area contributed by atoms with Gasteiger partial charge in [-0.25, -0.2) is 4.39 Å². The minimum absolute atomic E-state index is 0.315. The molecule has 1 unspecified atom stereocenters. The Morgan fingerprint density at radius 1 is 1.00 bits per heavy atom. The molecule has 0 aromatic heterocycles. The van der Waals surface area contributed by atoms with E-state index in [4.69, 9.17) is 40.5 Å². The molecular formula is C14H11Cl3FN. The molecule has 1 atom stereocenters. The maximum Gasteiger partial charge on any atom is 0.129 e. The van der Waals surface area contributed by atoms with Crippen LogP contribution >= 0.6 is 34.8 Å². The largest absolute Gasteiger partial charge is 0.324 e. The molecule has 0 aliphatic heterocycles. The lowest BCUT2D eigenvalue weighted by atomic mass is 9.99. The average molecular weight is 319 g/mol. The van der Waals surface area contributed by atoms with Gasteiger partial charge >= 0.3 is 0 Å². The van der Waals surface area contributed by atoms with Crippen molar-refractivity contribution in [2.75, 3.05) is 0 Å². The van der Waals surface area contributed by atoms with E-state index in [2.05, 4.69) is 0 Å². The zero-order chi connectivity index (χ0) is 14.0. The second-order valence-corrected chi connectivity index (χ2v) is 5.42. The van der Waals surface area contributed by atoms with Gasteiger partial charge in [0.25, 0.3) is 0 Å². The summed E-state index contributed by atoms with van der Waals surface area (Å²) in [7, 11) is 0. The Hall–Kier alpha value is -0.800. The third kappa shape index (κ3) is 3.40. The van der Waals surface area contributed by atoms with Crippen LogP contribution in [-0.2, 0) is 6.42 Å². The molecular weight excluding hydrogens is 308 g/mol. The van der Waals surface area contributed by atoms with Gasteiger partial charge < -0.3 is 5.73 Å². The molecule has 0 saturated carbocycles. The third-order valence-corrected chi connectivity index (χ3v) is 3.88. The molecule has 0 radical (unpaired) electrons. The van der Waals surface area contributed by atoms with E-state index in [1.54, 1.807) is 24.3 Å². The number of rotatable bonds is 3. The number of hydrogen-bond acceptors (Lipinski definition) is 1. The molecule has 0 fully saturated rings. The van der Waals surface area contributed by atoms with E-state index in [9.17, 15) is 4.39 Å². The summed E-state index contributed by atoms with van der Waals surface area (Å²) in [6.07, 6.45) is 0.428. The van der Waals surface area contributed by atoms with Gasteiger partial charge in [0.15, 0.2) is 0 Å². The lowest BCUT2D eigenvalue weighted by Gasteiger charge is -2.15. The maximum absolute atomic E-state index is 13.7. The minimum Gasteiger partial charge on any atom is -0.324 e. The van der Waals surface area contributed by atoms with Crippen molar-refractivity contribution in [3.63, 3.8) is 0 Å². The molecule has 2 aromatic rings. The van der Waals surface area contributed by atoms with Crippen LogP contribution in [0.3, 0.4) is 0 Å². The van der Waals surface area contributed by atoms with E-state index in [0.29, 0.717) is 27.1 Å². The first kappa shape index (κ1) is 14.6. The first-order valence-corrected chi connectivity index (χ1v) is 6.76. The SMILES string of the molecule is NC(Cc1ccc(Cl)c(Cl)c1)c1c(F)cccc1Cl. The summed E-state index contributed by atoms with van der Waals surface area (Å²) < 4.78 is 13.7. The van der Waals surface area contributed by atoms with Gasteiger partial charge in [0, 0.05) is 16.6 Å². The number of nitrogens with two attached hydrogens (primary N) is 1. The maximum atomic E-state index is 13.7. The van der Waals surface area contributed by atoms with Gasteiger partial charge in [-0.2, -0.15) is 0 Å². The molecule has 1 nitrogen and oxygen atoms in total. The van der Waals surface area contributed by atoms with Gasteiger partial charge in [-0.3, -0.25) is 0 Å². The van der Waals surface area contributed by atoms with Crippen molar-refractivity contribution in [1.29, 1.82) is 0 Å². The molecule has 2 aromatic carbocycles. The quantitative estimate of drug-likeness (QED) is 0.844. The van der Waals surface area contributed by atoms with Crippen molar-refractivity contribution in [2.24, 2.45) is 5.73 Å². The van der Waals surface area contributed by atoms with Crippen molar-refractivity contribution in [3.05, 3.63) is 68.4 Å². The molecule has 0 aliphatic rings. The standard InChI is InChI=1S/C14H11Cl3FN/c15-9-5-4-8(6-11(9)17)7-13(19)14-10(16)2-1-3-12(14)18/h1-6,13H,7,19H2. The van der Waals surface area contributed by atoms with E-state index in [1.807, 2.05) is 6.07 Å². The summed E-state index contributed by atoms with van der Waals surface area (Å²) in [5.41, 5.74) is 7.21. The lowest BCUT2D eigenvalue weighted by Crippen LogP contribution is -2.15. The van der Waals surface area contributed by atoms with Gasteiger partial charge in [0.1, 0.15) is 5.82 Å². The van der Waals surface area contributed by atoms with Crippen LogP contribution in [0.25, 0.3) is 0 Å². The van der Waals surface area contributed by atoms with E-state index in [-0.39, 0.29) is 0 Å². The molecule has 0 amide bonds. The number of hydrogen-bond donors (Lipinski definition) is 1. The topological polar surface area (TPSA) is 26.0 Å². The molecule has 0 heterocycles. The molecule has 19 heavy (non-hydrogen) atoms. The van der Waals surface area contributed by atoms with E-state index in [0.717, 1.165) is 5.56 Å². The Bertz CT molecular complexity index is 581. The summed E-state index contributed by atoms with van der Waals surface area (Å²) in [4.78, 5) is 0. The fraction of sp³-hybridized carbons (Fsp3) is 0.143. The van der Waals surface area contributed by atoms with Gasteiger partial charge in [-0.1, -0.05) is 46.9 Å². The van der Waals surface area contributed by atoms with Crippen LogP contribution in [0.4, 0.5) is 4.39 Å². The van der Waals surface area contributed by atoms with Crippen LogP contribution < -0.4 is 5.73 Å². The second kappa shape index (κ2) is 6.10. The second-order valence-electron chi connectivity index (χ2n) is 4.19.